The lowest BCUT2D eigenvalue weighted by Gasteiger charge is -2.33. The lowest BCUT2D eigenvalue weighted by atomic mass is 9.89. The minimum atomic E-state index is -2.36. The maximum atomic E-state index is 17.0. The quantitative estimate of drug-likeness (QED) is 0.0137. The van der Waals surface area contributed by atoms with E-state index in [-0.39, 0.29) is 77.2 Å². The molecule has 11 bridgehead atoms. The predicted octanol–water partition coefficient (Wildman–Crippen LogP) is 13.5. The van der Waals surface area contributed by atoms with Crippen LogP contribution in [0.5, 0.6) is 57.5 Å². The van der Waals surface area contributed by atoms with E-state index in [1.807, 2.05) is 66.7 Å². The molecule has 0 saturated carbocycles. The number of aliphatic hydroxyl groups excluding tert-OH is 2. The Kier molecular flexibility index (Phi) is 30.4. The van der Waals surface area contributed by atoms with Gasteiger partial charge in [0.2, 0.25) is 58.8 Å². The summed E-state index contributed by atoms with van der Waals surface area (Å²) in [6, 6.07) is 39.6. The third-order valence-electron chi connectivity index (χ3n) is 21.8. The summed E-state index contributed by atoms with van der Waals surface area (Å²) in [7, 11) is 5.52. The molecule has 34 heteroatoms. The van der Waals surface area contributed by atoms with Gasteiger partial charge in [-0.3, -0.25) is 53.4 Å². The topological polar surface area (TPSA) is 420 Å². The molecule has 0 fully saturated rings. The van der Waals surface area contributed by atoms with Gasteiger partial charge in [-0.1, -0.05) is 177 Å². The van der Waals surface area contributed by atoms with Crippen molar-refractivity contribution in [3.05, 3.63) is 301 Å². The molecule has 15 rings (SSSR count). The summed E-state index contributed by atoms with van der Waals surface area (Å²) in [5, 5.41) is 60.6. The average Bonchev–Trinajstić information content (AvgIpc) is 0.750. The highest BCUT2D eigenvalue weighted by molar-refractivity contribution is 6.37. The number of benzene rings is 10. The van der Waals surface area contributed by atoms with Gasteiger partial charge in [-0.2, -0.15) is 0 Å². The monoisotopic (exact) mass is 1840 g/mol. The zero-order valence-electron chi connectivity index (χ0n) is 73.3. The first-order chi connectivity index (χ1) is 63.3. The highest BCUT2D eigenvalue weighted by Crippen LogP contribution is 2.51. The van der Waals surface area contributed by atoms with E-state index in [1.165, 1.54) is 58.7 Å². The smallest absolute Gasteiger partial charge is 0.410 e. The average molecular weight is 1840 g/mol. The zero-order valence-corrected chi connectivity index (χ0v) is 74.8. The lowest BCUT2D eigenvalue weighted by Crippen LogP contribution is -2.60. The fourth-order valence-electron chi connectivity index (χ4n) is 15.2. The highest BCUT2D eigenvalue weighted by atomic mass is 35.5. The number of nitro groups is 1. The highest BCUT2D eigenvalue weighted by Gasteiger charge is 2.44. The molecule has 0 aromatic heterocycles. The summed E-state index contributed by atoms with van der Waals surface area (Å²) in [6.07, 6.45) is -5.43. The van der Waals surface area contributed by atoms with Crippen molar-refractivity contribution < 1.29 is 101 Å². The molecule has 9 atom stereocenters. The molecule has 9 amide bonds. The van der Waals surface area contributed by atoms with Gasteiger partial charge in [0.05, 0.1) is 41.7 Å². The number of halogens is 2. The maximum Gasteiger partial charge on any atom is 0.410 e. The summed E-state index contributed by atoms with van der Waals surface area (Å²) < 4.78 is 56.6. The number of methoxy groups -OCH3 is 2. The van der Waals surface area contributed by atoms with Crippen LogP contribution in [0.1, 0.15) is 139 Å². The van der Waals surface area contributed by atoms with Gasteiger partial charge in [-0.05, 0) is 162 Å². The Balaban J connectivity index is 1.06. The number of carbonyl (C=O) groups excluding carboxylic acids is 9. The van der Waals surface area contributed by atoms with Crippen LogP contribution in [0.2, 0.25) is 10.0 Å². The Morgan fingerprint density at radius 3 is 1.70 bits per heavy atom. The molecule has 5 aliphatic rings. The summed E-state index contributed by atoms with van der Waals surface area (Å²) in [5.41, 5.74) is -0.198. The number of hydrogen-bond acceptors (Lipinski definition) is 22. The summed E-state index contributed by atoms with van der Waals surface area (Å²) in [4.78, 5) is 156. The third kappa shape index (κ3) is 22.7. The Bertz CT molecular complexity index is 5900. The number of rotatable bonds is 26. The van der Waals surface area contributed by atoms with E-state index >= 15 is 38.4 Å². The van der Waals surface area contributed by atoms with E-state index in [0.717, 1.165) is 52.9 Å². The summed E-state index contributed by atoms with van der Waals surface area (Å²) >= 11 is 14.5. The number of carbonyl (C=O) groups is 9. The van der Waals surface area contributed by atoms with Crippen LogP contribution in [-0.2, 0) is 62.9 Å². The molecule has 0 radical (unpaired) electrons. The predicted molar refractivity (Wildman–Crippen MR) is 486 cm³/mol. The summed E-state index contributed by atoms with van der Waals surface area (Å²) in [6.45, 7) is 11.4. The molecule has 32 nitrogen and oxygen atoms in total. The van der Waals surface area contributed by atoms with E-state index in [4.69, 9.17) is 65.8 Å². The van der Waals surface area contributed by atoms with E-state index in [1.54, 1.807) is 113 Å². The van der Waals surface area contributed by atoms with Crippen LogP contribution in [0.25, 0.3) is 11.1 Å². The molecule has 0 aliphatic carbocycles. The van der Waals surface area contributed by atoms with E-state index in [2.05, 4.69) is 49.1 Å². The molecule has 5 heterocycles. The number of nitro benzene ring substituents is 1. The second-order valence-corrected chi connectivity index (χ2v) is 33.6. The first-order valence-corrected chi connectivity index (χ1v) is 42.8. The van der Waals surface area contributed by atoms with Crippen molar-refractivity contribution >= 4 is 82.2 Å². The maximum absolute atomic E-state index is 17.0. The SMILES string of the molecule is C=CCOc1c2cc3cc1Oc1c(Cl)cc(cc1Cl)[C@@H](O)[C@@H]1NC(=O)[C@H](NC(=O)[C@@H]3NC(=O)[C@H](CC(=O)NC(c3ccc(OC)cc3)c3ccc(OC)cc3)NC(=O)[C@H](NC(=O)[C@@H](CC(C)C)N(C)C(=O)OC(C)(C)C)[C@H](O)c3ccc(c([N+](=O)[O-])c3)O2)c2ccc(OCc3ccccc3)c(c2)-c2c(OCc3ccccc3)cc(OCc3ccccc3)cc2[C@@H](C(=O)NC)NC1=O. The van der Waals surface area contributed by atoms with Gasteiger partial charge < -0.3 is 95.4 Å². The van der Waals surface area contributed by atoms with Crippen LogP contribution in [0, 0.1) is 16.0 Å². The van der Waals surface area contributed by atoms with Crippen molar-refractivity contribution in [3.8, 4) is 68.6 Å². The van der Waals surface area contributed by atoms with Crippen molar-refractivity contribution in [3.63, 3.8) is 0 Å². The van der Waals surface area contributed by atoms with E-state index < -0.39 is 193 Å². The minimum Gasteiger partial charge on any atom is -0.497 e. The third-order valence-corrected chi connectivity index (χ3v) is 22.4. The first kappa shape index (κ1) is 94.9. The van der Waals surface area contributed by atoms with Gasteiger partial charge in [0, 0.05) is 37.4 Å². The van der Waals surface area contributed by atoms with Gasteiger partial charge in [0.1, 0.15) is 115 Å². The Labute approximate surface area is 770 Å². The van der Waals surface area contributed by atoms with E-state index in [0.29, 0.717) is 33.8 Å². The Morgan fingerprint density at radius 1 is 0.591 bits per heavy atom. The Morgan fingerprint density at radius 2 is 1.14 bits per heavy atom. The van der Waals surface area contributed by atoms with Crippen LogP contribution in [0.4, 0.5) is 10.5 Å². The number of likely N-dealkylation sites (N-methyl/N-ethyl adjacent to an activating group) is 2. The number of nitrogens with one attached hydrogen (secondary N) is 8. The fourth-order valence-corrected chi connectivity index (χ4v) is 15.7. The normalized spacial score (nSPS) is 18.0. The number of aliphatic hydroxyl groups is 2. The van der Waals surface area contributed by atoms with Gasteiger partial charge in [0.25, 0.3) is 0 Å². The number of ether oxygens (including phenoxy) is 9. The molecule has 0 saturated heterocycles. The second-order valence-electron chi connectivity index (χ2n) is 32.8. The van der Waals surface area contributed by atoms with Crippen molar-refractivity contribution in [2.24, 2.45) is 5.92 Å². The van der Waals surface area contributed by atoms with Gasteiger partial charge in [-0.25, -0.2) is 4.79 Å². The van der Waals surface area contributed by atoms with Crippen LogP contribution in [0.15, 0.2) is 225 Å². The molecule has 5 aliphatic heterocycles. The minimum absolute atomic E-state index is 0.00466. The zero-order chi connectivity index (χ0) is 94.4. The van der Waals surface area contributed by atoms with Crippen LogP contribution >= 0.6 is 23.2 Å². The van der Waals surface area contributed by atoms with Crippen molar-refractivity contribution in [2.45, 2.75) is 133 Å². The van der Waals surface area contributed by atoms with Gasteiger partial charge in [0.15, 0.2) is 17.2 Å². The van der Waals surface area contributed by atoms with Crippen LogP contribution in [-0.4, -0.2) is 138 Å². The fraction of sp³-hybridized carbons (Fsp3) is 0.276. The Hall–Kier alpha value is -14.7. The van der Waals surface area contributed by atoms with Crippen molar-refractivity contribution in [1.29, 1.82) is 0 Å². The number of hydrogen-bond donors (Lipinski definition) is 10. The van der Waals surface area contributed by atoms with Crippen LogP contribution < -0.4 is 80.4 Å². The molecule has 686 valence electrons. The largest absolute Gasteiger partial charge is 0.497 e. The van der Waals surface area contributed by atoms with E-state index in [9.17, 15) is 25.1 Å². The molecule has 0 unspecified atom stereocenters. The molecule has 10 aromatic rings. The van der Waals surface area contributed by atoms with Crippen molar-refractivity contribution in [2.75, 3.05) is 34.9 Å². The van der Waals surface area contributed by atoms with Crippen molar-refractivity contribution in [1.82, 2.24) is 47.4 Å². The van der Waals surface area contributed by atoms with Gasteiger partial charge >= 0.3 is 11.8 Å². The molecule has 10 aromatic carbocycles. The number of fused-ring (bicyclic) bond motifs is 15. The number of nitrogens with zero attached hydrogens (tertiary/aromatic N) is 2. The number of amides is 9. The lowest BCUT2D eigenvalue weighted by molar-refractivity contribution is -0.385. The first-order valence-electron chi connectivity index (χ1n) is 42.1. The molecule has 0 spiro atoms. The molecule has 132 heavy (non-hydrogen) atoms. The molecule has 10 N–H and O–H groups in total. The van der Waals surface area contributed by atoms with Crippen LogP contribution in [0.3, 0.4) is 0 Å². The second kappa shape index (κ2) is 42.2. The molecular weight excluding hydrogens is 1740 g/mol. The summed E-state index contributed by atoms with van der Waals surface area (Å²) in [5.74, 6) is -11.6. The standard InChI is InChI=1S/C98H98Cl2N10O22/c1-11-39-126-89-76-45-61-46-77(89)131-88-68(99)42-62(43-69(88)100)87(113)85-96(120)106-83(92(116)101-7)67-47-65(127-50-54-21-15-12-16-22-54)48-75(129-52-56-25-19-14-20-26-56)79(67)66-41-59(31-37-73(66)128-51-55-23-17-13-18-24-55)81(93(117)108-85)105-94(118)82(61)104-90(114)70(49-78(111)103-80(57-27-33-63(124-9)34-28-57)58-29-35-64(125-10)36-30-58)102-95(119)84(86(112)60-32-38-74(130-76)71(44-60)110(122)123)107-91(115)72(40-53(2)3)109(8)97(121)132-98(4,5)6/h11-38,41-48,53,70,72,80-87,112-113H,1,39-40,49-52H2,2-10H3,(H,101,116)(H,102,119)(H,103,111)(H,104,114)(H,105,118)(H,106,120)(H,107,115)(H,108,117)/t70-,72+,81+,82+,83-,84+,85-,86+,87+/m0/s1. The van der Waals surface area contributed by atoms with Gasteiger partial charge in [-0.15, -0.1) is 0 Å². The molecular formula is C98H98Cl2N10O22.